The summed E-state index contributed by atoms with van der Waals surface area (Å²) >= 11 is 0. The van der Waals surface area contributed by atoms with Crippen LogP contribution < -0.4 is 5.73 Å². The van der Waals surface area contributed by atoms with E-state index >= 15 is 0 Å². The van der Waals surface area contributed by atoms with Crippen molar-refractivity contribution in [2.75, 3.05) is 39.3 Å². The minimum atomic E-state index is 0.276. The molecule has 2 fully saturated rings. The molecule has 0 aliphatic carbocycles. The standard InChI is InChI=1S/C16H28N6O2/c1-13-4-2-3-5-22(13)16(23)12-21-8-6-20(7-9-21)11-14-18-15(10-17)24-19-14/h13H,2-12,17H2,1H3. The molecule has 3 rings (SSSR count). The second kappa shape index (κ2) is 8.04. The lowest BCUT2D eigenvalue weighted by Crippen LogP contribution is -2.51. The van der Waals surface area contributed by atoms with Gasteiger partial charge in [-0.15, -0.1) is 0 Å². The highest BCUT2D eigenvalue weighted by atomic mass is 16.5. The molecule has 2 aliphatic heterocycles. The summed E-state index contributed by atoms with van der Waals surface area (Å²) in [7, 11) is 0. The van der Waals surface area contributed by atoms with Crippen molar-refractivity contribution in [1.82, 2.24) is 24.8 Å². The van der Waals surface area contributed by atoms with E-state index in [0.717, 1.165) is 45.6 Å². The molecule has 1 aromatic rings. The lowest BCUT2D eigenvalue weighted by atomic mass is 10.0. The molecule has 8 nitrogen and oxygen atoms in total. The van der Waals surface area contributed by atoms with Gasteiger partial charge in [0, 0.05) is 38.8 Å². The summed E-state index contributed by atoms with van der Waals surface area (Å²) < 4.78 is 5.03. The fraction of sp³-hybridized carbons (Fsp3) is 0.812. The molecule has 3 heterocycles. The number of hydrogen-bond acceptors (Lipinski definition) is 7. The Morgan fingerprint density at radius 2 is 1.96 bits per heavy atom. The summed E-state index contributed by atoms with van der Waals surface area (Å²) in [5.74, 6) is 1.44. The van der Waals surface area contributed by atoms with Gasteiger partial charge >= 0.3 is 0 Å². The molecule has 24 heavy (non-hydrogen) atoms. The molecule has 0 aromatic carbocycles. The molecular formula is C16H28N6O2. The maximum atomic E-state index is 12.5. The third-order valence-electron chi connectivity index (χ3n) is 5.00. The molecule has 0 bridgehead atoms. The van der Waals surface area contributed by atoms with E-state index in [1.165, 1.54) is 6.42 Å². The number of amides is 1. The van der Waals surface area contributed by atoms with Crippen LogP contribution in [0.3, 0.4) is 0 Å². The van der Waals surface area contributed by atoms with Crippen LogP contribution in [0.1, 0.15) is 37.9 Å². The number of nitrogens with zero attached hydrogens (tertiary/aromatic N) is 5. The van der Waals surface area contributed by atoms with Crippen LogP contribution in [-0.4, -0.2) is 76.1 Å². The van der Waals surface area contributed by atoms with Crippen LogP contribution in [0.25, 0.3) is 0 Å². The summed E-state index contributed by atoms with van der Waals surface area (Å²) in [5.41, 5.74) is 5.48. The van der Waals surface area contributed by atoms with E-state index < -0.39 is 0 Å². The summed E-state index contributed by atoms with van der Waals surface area (Å²) in [6.07, 6.45) is 3.51. The van der Waals surface area contributed by atoms with Gasteiger partial charge in [0.2, 0.25) is 11.8 Å². The number of carbonyl (C=O) groups excluding carboxylic acids is 1. The Hall–Kier alpha value is -1.51. The molecule has 0 spiro atoms. The van der Waals surface area contributed by atoms with Gasteiger partial charge < -0.3 is 15.2 Å². The summed E-state index contributed by atoms with van der Waals surface area (Å²) in [6.45, 7) is 8.19. The topological polar surface area (TPSA) is 91.7 Å². The third kappa shape index (κ3) is 4.31. The molecule has 134 valence electrons. The minimum Gasteiger partial charge on any atom is -0.339 e. The smallest absolute Gasteiger partial charge is 0.240 e. The number of rotatable bonds is 5. The molecule has 2 aliphatic rings. The van der Waals surface area contributed by atoms with Gasteiger partial charge in [-0.05, 0) is 26.2 Å². The first-order chi connectivity index (χ1) is 11.7. The monoisotopic (exact) mass is 336 g/mol. The average molecular weight is 336 g/mol. The fourth-order valence-electron chi connectivity index (χ4n) is 3.49. The average Bonchev–Trinajstić information content (AvgIpc) is 3.04. The lowest BCUT2D eigenvalue weighted by Gasteiger charge is -2.37. The van der Waals surface area contributed by atoms with Crippen LogP contribution in [0.15, 0.2) is 4.52 Å². The van der Waals surface area contributed by atoms with Crippen molar-refractivity contribution in [3.05, 3.63) is 11.7 Å². The number of hydrogen-bond donors (Lipinski definition) is 1. The molecule has 1 amide bonds. The third-order valence-corrected chi connectivity index (χ3v) is 5.00. The van der Waals surface area contributed by atoms with E-state index in [9.17, 15) is 4.79 Å². The Bertz CT molecular complexity index is 540. The Labute approximate surface area is 142 Å². The van der Waals surface area contributed by atoms with Crippen molar-refractivity contribution in [2.45, 2.75) is 45.3 Å². The number of carbonyl (C=O) groups is 1. The van der Waals surface area contributed by atoms with Crippen LogP contribution in [0, 0.1) is 0 Å². The van der Waals surface area contributed by atoms with E-state index in [2.05, 4.69) is 31.8 Å². The zero-order valence-corrected chi connectivity index (χ0v) is 14.5. The normalized spacial score (nSPS) is 23.6. The number of aromatic nitrogens is 2. The Morgan fingerprint density at radius 3 is 2.62 bits per heavy atom. The van der Waals surface area contributed by atoms with Crippen molar-refractivity contribution in [3.63, 3.8) is 0 Å². The van der Waals surface area contributed by atoms with Gasteiger partial charge in [0.1, 0.15) is 0 Å². The first-order valence-corrected chi connectivity index (χ1v) is 8.91. The van der Waals surface area contributed by atoms with Gasteiger partial charge in [-0.25, -0.2) is 0 Å². The predicted molar refractivity (Wildman–Crippen MR) is 88.9 cm³/mol. The van der Waals surface area contributed by atoms with E-state index in [4.69, 9.17) is 10.3 Å². The first kappa shape index (κ1) is 17.3. The van der Waals surface area contributed by atoms with Crippen molar-refractivity contribution in [1.29, 1.82) is 0 Å². The van der Waals surface area contributed by atoms with Crippen molar-refractivity contribution >= 4 is 5.91 Å². The number of nitrogens with two attached hydrogens (primary N) is 1. The lowest BCUT2D eigenvalue weighted by molar-refractivity contribution is -0.136. The van der Waals surface area contributed by atoms with Gasteiger partial charge in [-0.2, -0.15) is 4.98 Å². The molecule has 2 N–H and O–H groups in total. The summed E-state index contributed by atoms with van der Waals surface area (Å²) in [5, 5.41) is 3.94. The van der Waals surface area contributed by atoms with Crippen LogP contribution in [0.5, 0.6) is 0 Å². The zero-order chi connectivity index (χ0) is 16.9. The number of piperazine rings is 1. The maximum Gasteiger partial charge on any atom is 0.240 e. The van der Waals surface area contributed by atoms with E-state index in [1.54, 1.807) is 0 Å². The second-order valence-electron chi connectivity index (χ2n) is 6.79. The molecule has 1 aromatic heterocycles. The number of piperidine rings is 1. The van der Waals surface area contributed by atoms with Gasteiger partial charge in [0.25, 0.3) is 0 Å². The number of likely N-dealkylation sites (tertiary alicyclic amines) is 1. The summed E-state index contributed by atoms with van der Waals surface area (Å²) in [4.78, 5) is 23.4. The molecule has 1 atom stereocenters. The van der Waals surface area contributed by atoms with E-state index in [-0.39, 0.29) is 12.5 Å². The molecule has 0 radical (unpaired) electrons. The highest BCUT2D eigenvalue weighted by Crippen LogP contribution is 2.17. The van der Waals surface area contributed by atoms with Crippen LogP contribution in [0.2, 0.25) is 0 Å². The quantitative estimate of drug-likeness (QED) is 0.812. The summed E-state index contributed by atoms with van der Waals surface area (Å²) in [6, 6.07) is 0.391. The van der Waals surface area contributed by atoms with Gasteiger partial charge in [-0.3, -0.25) is 14.6 Å². The van der Waals surface area contributed by atoms with Crippen LogP contribution >= 0.6 is 0 Å². The van der Waals surface area contributed by atoms with Gasteiger partial charge in [0.15, 0.2) is 5.82 Å². The molecule has 8 heteroatoms. The molecule has 1 unspecified atom stereocenters. The second-order valence-corrected chi connectivity index (χ2v) is 6.79. The van der Waals surface area contributed by atoms with E-state index in [1.807, 2.05) is 0 Å². The van der Waals surface area contributed by atoms with Crippen molar-refractivity contribution in [3.8, 4) is 0 Å². The molecule has 0 saturated carbocycles. The highest BCUT2D eigenvalue weighted by molar-refractivity contribution is 5.78. The fourth-order valence-corrected chi connectivity index (χ4v) is 3.49. The molecule has 2 saturated heterocycles. The van der Waals surface area contributed by atoms with E-state index in [0.29, 0.717) is 30.8 Å². The van der Waals surface area contributed by atoms with Crippen LogP contribution in [0.4, 0.5) is 0 Å². The van der Waals surface area contributed by atoms with Crippen LogP contribution in [-0.2, 0) is 17.9 Å². The Balaban J connectivity index is 1.42. The predicted octanol–water partition coefficient (Wildman–Crippen LogP) is 0.0469. The maximum absolute atomic E-state index is 12.5. The molecular weight excluding hydrogens is 308 g/mol. The Kier molecular flexibility index (Phi) is 5.80. The zero-order valence-electron chi connectivity index (χ0n) is 14.5. The minimum absolute atomic E-state index is 0.276. The first-order valence-electron chi connectivity index (χ1n) is 8.91. The van der Waals surface area contributed by atoms with Gasteiger partial charge in [0.05, 0.1) is 19.6 Å². The highest BCUT2D eigenvalue weighted by Gasteiger charge is 2.26. The Morgan fingerprint density at radius 1 is 1.21 bits per heavy atom. The SMILES string of the molecule is CC1CCCCN1C(=O)CN1CCN(Cc2noc(CN)n2)CC1. The van der Waals surface area contributed by atoms with Crippen molar-refractivity contribution < 1.29 is 9.32 Å². The largest absolute Gasteiger partial charge is 0.339 e. The van der Waals surface area contributed by atoms with Crippen molar-refractivity contribution in [2.24, 2.45) is 5.73 Å². The van der Waals surface area contributed by atoms with Gasteiger partial charge in [-0.1, -0.05) is 5.16 Å².